The zero-order valence-corrected chi connectivity index (χ0v) is 18.2. The highest BCUT2D eigenvalue weighted by atomic mass is 35.5. The third-order valence-electron chi connectivity index (χ3n) is 4.94. The van der Waals surface area contributed by atoms with E-state index in [0.29, 0.717) is 32.4 Å². The zero-order chi connectivity index (χ0) is 21.0. The van der Waals surface area contributed by atoms with Crippen molar-refractivity contribution in [2.75, 3.05) is 19.6 Å². The fourth-order valence-electron chi connectivity index (χ4n) is 3.42. The number of carbonyl (C=O) groups excluding carboxylic acids is 1. The molecule has 1 fully saturated rings. The lowest BCUT2D eigenvalue weighted by atomic mass is 10.1. The molecule has 9 heteroatoms. The fraction of sp³-hybridized carbons (Fsp3) is 0.350. The van der Waals surface area contributed by atoms with Gasteiger partial charge in [-0.05, 0) is 56.3 Å². The number of hydrogen-bond donors (Lipinski definition) is 1. The Morgan fingerprint density at radius 1 is 1.28 bits per heavy atom. The smallest absolute Gasteiger partial charge is 0.284 e. The lowest BCUT2D eigenvalue weighted by Gasteiger charge is -2.22. The molecule has 1 atom stereocenters. The molecular formula is C20H21Cl2N3O3S. The molecule has 2 aromatic carbocycles. The molecule has 1 N–H and O–H groups in total. The monoisotopic (exact) mass is 453 g/mol. The van der Waals surface area contributed by atoms with Crippen molar-refractivity contribution in [1.29, 1.82) is 0 Å². The third kappa shape index (κ3) is 5.42. The number of nitro groups is 1. The normalized spacial score (nSPS) is 16.7. The summed E-state index contributed by atoms with van der Waals surface area (Å²) in [5.74, 6) is -0.308. The molecule has 0 bridgehead atoms. The van der Waals surface area contributed by atoms with Gasteiger partial charge in [0, 0.05) is 34.1 Å². The summed E-state index contributed by atoms with van der Waals surface area (Å²) in [7, 11) is 0. The van der Waals surface area contributed by atoms with Gasteiger partial charge in [-0.2, -0.15) is 0 Å². The van der Waals surface area contributed by atoms with E-state index in [0.717, 1.165) is 37.7 Å². The zero-order valence-electron chi connectivity index (χ0n) is 15.9. The molecule has 0 spiro atoms. The van der Waals surface area contributed by atoms with Crippen LogP contribution >= 0.6 is 35.0 Å². The maximum atomic E-state index is 12.5. The van der Waals surface area contributed by atoms with E-state index in [2.05, 4.69) is 17.1 Å². The van der Waals surface area contributed by atoms with Crippen LogP contribution in [0.5, 0.6) is 0 Å². The SMILES string of the molecule is CCN1CCCC1CNC(=O)c1ccc(Sc2ccc(Cl)cc2Cl)c([N+](=O)[O-])c1. The second kappa shape index (κ2) is 9.80. The molecule has 29 heavy (non-hydrogen) atoms. The van der Waals surface area contributed by atoms with Crippen molar-refractivity contribution in [2.45, 2.75) is 35.6 Å². The predicted octanol–water partition coefficient (Wildman–Crippen LogP) is 5.27. The van der Waals surface area contributed by atoms with E-state index in [1.54, 1.807) is 30.3 Å². The second-order valence-electron chi connectivity index (χ2n) is 6.75. The Morgan fingerprint density at radius 3 is 2.72 bits per heavy atom. The highest BCUT2D eigenvalue weighted by Gasteiger charge is 2.24. The van der Waals surface area contributed by atoms with Crippen LogP contribution in [0.1, 0.15) is 30.1 Å². The summed E-state index contributed by atoms with van der Waals surface area (Å²) in [6.07, 6.45) is 2.17. The average molecular weight is 454 g/mol. The minimum atomic E-state index is -0.487. The van der Waals surface area contributed by atoms with Crippen LogP contribution in [0.4, 0.5) is 5.69 Å². The summed E-state index contributed by atoms with van der Waals surface area (Å²) in [5, 5.41) is 15.4. The molecule has 1 amide bonds. The molecular weight excluding hydrogens is 433 g/mol. The van der Waals surface area contributed by atoms with E-state index in [1.165, 1.54) is 6.07 Å². The van der Waals surface area contributed by atoms with Gasteiger partial charge in [-0.25, -0.2) is 0 Å². The topological polar surface area (TPSA) is 75.5 Å². The van der Waals surface area contributed by atoms with Crippen molar-refractivity contribution < 1.29 is 9.72 Å². The van der Waals surface area contributed by atoms with Crippen LogP contribution in [-0.4, -0.2) is 41.4 Å². The van der Waals surface area contributed by atoms with E-state index in [-0.39, 0.29) is 17.2 Å². The summed E-state index contributed by atoms with van der Waals surface area (Å²) in [5.41, 5.74) is 0.133. The van der Waals surface area contributed by atoms with Crippen molar-refractivity contribution in [1.82, 2.24) is 10.2 Å². The quantitative estimate of drug-likeness (QED) is 0.456. The van der Waals surface area contributed by atoms with Crippen molar-refractivity contribution in [2.24, 2.45) is 0 Å². The van der Waals surface area contributed by atoms with Gasteiger partial charge in [-0.15, -0.1) is 0 Å². The molecule has 1 aliphatic rings. The van der Waals surface area contributed by atoms with Gasteiger partial charge in [0.25, 0.3) is 11.6 Å². The highest BCUT2D eigenvalue weighted by molar-refractivity contribution is 7.99. The van der Waals surface area contributed by atoms with Gasteiger partial charge < -0.3 is 5.32 Å². The first-order valence-corrected chi connectivity index (χ1v) is 10.9. The summed E-state index contributed by atoms with van der Waals surface area (Å²) in [4.78, 5) is 27.0. The number of rotatable bonds is 7. The number of nitrogens with one attached hydrogen (secondary N) is 1. The summed E-state index contributed by atoms with van der Waals surface area (Å²) in [6.45, 7) is 4.64. The molecule has 0 radical (unpaired) electrons. The van der Waals surface area contributed by atoms with E-state index < -0.39 is 4.92 Å². The molecule has 0 saturated carbocycles. The van der Waals surface area contributed by atoms with Crippen molar-refractivity contribution in [3.05, 3.63) is 62.1 Å². The molecule has 0 aromatic heterocycles. The minimum absolute atomic E-state index is 0.135. The predicted molar refractivity (Wildman–Crippen MR) is 116 cm³/mol. The number of nitro benzene ring substituents is 1. The van der Waals surface area contributed by atoms with Crippen molar-refractivity contribution in [3.63, 3.8) is 0 Å². The number of nitrogens with zero attached hydrogens (tertiary/aromatic N) is 2. The molecule has 2 aromatic rings. The maximum Gasteiger partial charge on any atom is 0.284 e. The fourth-order valence-corrected chi connectivity index (χ4v) is 4.85. The second-order valence-corrected chi connectivity index (χ2v) is 8.68. The Hall–Kier alpha value is -1.80. The molecule has 1 unspecified atom stereocenters. The lowest BCUT2D eigenvalue weighted by molar-refractivity contribution is -0.387. The van der Waals surface area contributed by atoms with Crippen molar-refractivity contribution in [3.8, 4) is 0 Å². The molecule has 1 aliphatic heterocycles. The summed E-state index contributed by atoms with van der Waals surface area (Å²) >= 11 is 13.2. The number of hydrogen-bond acceptors (Lipinski definition) is 5. The van der Waals surface area contributed by atoms with Crippen LogP contribution in [0, 0.1) is 10.1 Å². The third-order valence-corrected chi connectivity index (χ3v) is 6.74. The Labute approximate surface area is 183 Å². The first-order chi connectivity index (χ1) is 13.9. The first-order valence-electron chi connectivity index (χ1n) is 9.32. The number of benzene rings is 2. The van der Waals surface area contributed by atoms with Crippen LogP contribution in [0.25, 0.3) is 0 Å². The number of carbonyl (C=O) groups is 1. The van der Waals surface area contributed by atoms with Crippen LogP contribution in [-0.2, 0) is 0 Å². The molecule has 0 aliphatic carbocycles. The van der Waals surface area contributed by atoms with E-state index in [1.807, 2.05) is 0 Å². The Morgan fingerprint density at radius 2 is 2.03 bits per heavy atom. The summed E-state index contributed by atoms with van der Waals surface area (Å²) < 4.78 is 0. The van der Waals surface area contributed by atoms with Crippen LogP contribution in [0.15, 0.2) is 46.2 Å². The number of likely N-dealkylation sites (tertiary alicyclic amines) is 1. The minimum Gasteiger partial charge on any atom is -0.350 e. The van der Waals surface area contributed by atoms with E-state index in [4.69, 9.17) is 23.2 Å². The standard InChI is InChI=1S/C20H21Cl2N3O3S/c1-2-24-9-3-4-15(24)12-23-20(26)13-5-7-19(17(10-13)25(27)28)29-18-8-6-14(21)11-16(18)22/h5-8,10-11,15H,2-4,9,12H2,1H3,(H,23,26). The maximum absolute atomic E-state index is 12.5. The van der Waals surface area contributed by atoms with E-state index >= 15 is 0 Å². The van der Waals surface area contributed by atoms with Gasteiger partial charge in [0.1, 0.15) is 0 Å². The Bertz CT molecular complexity index is 926. The number of halogens is 2. The van der Waals surface area contributed by atoms with Gasteiger partial charge in [0.05, 0.1) is 14.8 Å². The number of likely N-dealkylation sites (N-methyl/N-ethyl adjacent to an activating group) is 1. The molecule has 1 heterocycles. The Kier molecular flexibility index (Phi) is 7.40. The molecule has 3 rings (SSSR count). The molecule has 1 saturated heterocycles. The van der Waals surface area contributed by atoms with Crippen LogP contribution in [0.3, 0.4) is 0 Å². The largest absolute Gasteiger partial charge is 0.350 e. The van der Waals surface area contributed by atoms with Gasteiger partial charge in [0.15, 0.2) is 0 Å². The molecule has 6 nitrogen and oxygen atoms in total. The van der Waals surface area contributed by atoms with Gasteiger partial charge >= 0.3 is 0 Å². The average Bonchev–Trinajstić information content (AvgIpc) is 3.16. The highest BCUT2D eigenvalue weighted by Crippen LogP contribution is 2.39. The van der Waals surface area contributed by atoms with Crippen molar-refractivity contribution >= 4 is 46.6 Å². The lowest BCUT2D eigenvalue weighted by Crippen LogP contribution is -2.40. The van der Waals surface area contributed by atoms with Crippen LogP contribution < -0.4 is 5.32 Å². The van der Waals surface area contributed by atoms with Gasteiger partial charge in [-0.1, -0.05) is 41.9 Å². The molecule has 154 valence electrons. The van der Waals surface area contributed by atoms with Crippen LogP contribution in [0.2, 0.25) is 10.0 Å². The van der Waals surface area contributed by atoms with Gasteiger partial charge in [0.2, 0.25) is 0 Å². The number of amides is 1. The van der Waals surface area contributed by atoms with Gasteiger partial charge in [-0.3, -0.25) is 19.8 Å². The first kappa shape index (κ1) is 21.9. The van der Waals surface area contributed by atoms with E-state index in [9.17, 15) is 14.9 Å². The Balaban J connectivity index is 1.75. The summed E-state index contributed by atoms with van der Waals surface area (Å²) in [6, 6.07) is 9.78.